The topological polar surface area (TPSA) is 58.2 Å². The molecule has 30 heavy (non-hydrogen) atoms. The number of para-hydroxylation sites is 2. The van der Waals surface area contributed by atoms with Gasteiger partial charge in [0, 0.05) is 33.6 Å². The summed E-state index contributed by atoms with van der Waals surface area (Å²) < 4.78 is 0. The predicted molar refractivity (Wildman–Crippen MR) is 119 cm³/mol. The van der Waals surface area contributed by atoms with Crippen LogP contribution < -0.4 is 10.6 Å². The van der Waals surface area contributed by atoms with Crippen molar-refractivity contribution < 1.29 is 9.59 Å². The third-order valence-electron chi connectivity index (χ3n) is 6.98. The van der Waals surface area contributed by atoms with Gasteiger partial charge in [-0.05, 0) is 35.4 Å². The fourth-order valence-corrected chi connectivity index (χ4v) is 4.90. The average molecular weight is 399 g/mol. The molecule has 0 spiro atoms. The van der Waals surface area contributed by atoms with E-state index in [-0.39, 0.29) is 22.4 Å². The summed E-state index contributed by atoms with van der Waals surface area (Å²) in [6, 6.07) is 16.2. The van der Waals surface area contributed by atoms with Gasteiger partial charge < -0.3 is 10.6 Å². The summed E-state index contributed by atoms with van der Waals surface area (Å²) in [6.45, 7) is 8.47. The molecule has 5 rings (SSSR count). The monoisotopic (exact) mass is 398 g/mol. The second kappa shape index (κ2) is 6.18. The summed E-state index contributed by atoms with van der Waals surface area (Å²) in [5.74, 6) is -1.39. The van der Waals surface area contributed by atoms with Gasteiger partial charge >= 0.3 is 0 Å². The molecule has 0 atom stereocenters. The Hall–Kier alpha value is -3.14. The van der Waals surface area contributed by atoms with Crippen molar-refractivity contribution in [2.75, 3.05) is 10.6 Å². The molecule has 0 saturated heterocycles. The molecule has 0 radical (unpaired) electrons. The minimum Gasteiger partial charge on any atom is -0.358 e. The molecule has 0 bridgehead atoms. The summed E-state index contributed by atoms with van der Waals surface area (Å²) >= 11 is 0. The van der Waals surface area contributed by atoms with Crippen LogP contribution >= 0.6 is 0 Å². The number of fused-ring (bicyclic) bond motifs is 2. The maximum atomic E-state index is 12.9. The Morgan fingerprint density at radius 2 is 1.03 bits per heavy atom. The van der Waals surface area contributed by atoms with Gasteiger partial charge in [0.15, 0.2) is 11.6 Å². The Bertz CT molecular complexity index is 1050. The minimum atomic E-state index is -0.671. The maximum Gasteiger partial charge on any atom is 0.161 e. The van der Waals surface area contributed by atoms with Gasteiger partial charge in [-0.25, -0.2) is 0 Å². The number of hydrogen-bond donors (Lipinski definition) is 2. The van der Waals surface area contributed by atoms with Gasteiger partial charge in [0.1, 0.15) is 0 Å². The molecule has 0 unspecified atom stereocenters. The molecule has 0 amide bonds. The van der Waals surface area contributed by atoms with E-state index in [4.69, 9.17) is 0 Å². The molecule has 2 aromatic carbocycles. The number of hydrogen-bond acceptors (Lipinski definition) is 4. The van der Waals surface area contributed by atoms with Crippen molar-refractivity contribution in [1.29, 1.82) is 0 Å². The quantitative estimate of drug-likeness (QED) is 0.703. The van der Waals surface area contributed by atoms with Crippen LogP contribution in [0.25, 0.3) is 0 Å². The van der Waals surface area contributed by atoms with Gasteiger partial charge in [0.25, 0.3) is 0 Å². The van der Waals surface area contributed by atoms with Gasteiger partial charge in [-0.15, -0.1) is 0 Å². The van der Waals surface area contributed by atoms with Crippen molar-refractivity contribution in [3.05, 3.63) is 83.2 Å². The van der Waals surface area contributed by atoms with Crippen LogP contribution in [0.1, 0.15) is 38.8 Å². The molecular formula is C26H26N2O2. The third kappa shape index (κ3) is 2.53. The maximum absolute atomic E-state index is 12.9. The van der Waals surface area contributed by atoms with Gasteiger partial charge in [-0.2, -0.15) is 0 Å². The molecule has 2 N–H and O–H groups in total. The highest BCUT2D eigenvalue weighted by Crippen LogP contribution is 2.46. The molecule has 4 nitrogen and oxygen atoms in total. The Balaban J connectivity index is 1.40. The zero-order valence-corrected chi connectivity index (χ0v) is 17.7. The van der Waals surface area contributed by atoms with E-state index in [1.165, 1.54) is 11.1 Å². The summed E-state index contributed by atoms with van der Waals surface area (Å²) in [5.41, 5.74) is 5.80. The SMILES string of the molecule is CC1(C)/C(=C/C2C(=O)C(/C=C3/Nc4ccccc4C3(C)C)C2=O)Nc2ccccc21. The molecule has 2 aliphatic heterocycles. The molecule has 152 valence electrons. The molecular weight excluding hydrogens is 372 g/mol. The normalized spacial score (nSPS) is 28.0. The van der Waals surface area contributed by atoms with Gasteiger partial charge in [-0.1, -0.05) is 64.1 Å². The molecule has 2 heterocycles. The van der Waals surface area contributed by atoms with Crippen molar-refractivity contribution in [3.8, 4) is 0 Å². The number of rotatable bonds is 2. The van der Waals surface area contributed by atoms with E-state index >= 15 is 0 Å². The first-order chi connectivity index (χ1) is 14.2. The van der Waals surface area contributed by atoms with Crippen LogP contribution in [0, 0.1) is 11.8 Å². The fourth-order valence-electron chi connectivity index (χ4n) is 4.90. The zero-order chi connectivity index (χ0) is 21.3. The van der Waals surface area contributed by atoms with E-state index < -0.39 is 11.8 Å². The first kappa shape index (κ1) is 18.9. The van der Waals surface area contributed by atoms with E-state index in [0.29, 0.717) is 0 Å². The lowest BCUT2D eigenvalue weighted by Gasteiger charge is -2.31. The van der Waals surface area contributed by atoms with Crippen LogP contribution in [0.4, 0.5) is 11.4 Å². The van der Waals surface area contributed by atoms with Crippen molar-refractivity contribution in [1.82, 2.24) is 0 Å². The highest BCUT2D eigenvalue weighted by Gasteiger charge is 2.49. The Morgan fingerprint density at radius 3 is 1.40 bits per heavy atom. The number of Topliss-reactive ketones (excluding diaryl/α,β-unsaturated/α-hetero) is 2. The van der Waals surface area contributed by atoms with E-state index in [9.17, 15) is 9.59 Å². The number of anilines is 2. The minimum absolute atomic E-state index is 0.0258. The van der Waals surface area contributed by atoms with Crippen LogP contribution in [-0.2, 0) is 20.4 Å². The largest absolute Gasteiger partial charge is 0.358 e. The van der Waals surface area contributed by atoms with Crippen LogP contribution in [0.3, 0.4) is 0 Å². The highest BCUT2D eigenvalue weighted by atomic mass is 16.2. The molecule has 1 aliphatic carbocycles. The van der Waals surface area contributed by atoms with Crippen molar-refractivity contribution in [2.24, 2.45) is 11.8 Å². The number of carbonyl (C=O) groups is 2. The predicted octanol–water partition coefficient (Wildman–Crippen LogP) is 4.95. The lowest BCUT2D eigenvalue weighted by molar-refractivity contribution is -0.146. The average Bonchev–Trinajstić information content (AvgIpc) is 3.14. The summed E-state index contributed by atoms with van der Waals surface area (Å²) in [6.07, 6.45) is 3.67. The first-order valence-electron chi connectivity index (χ1n) is 10.5. The third-order valence-corrected chi connectivity index (χ3v) is 6.98. The highest BCUT2D eigenvalue weighted by molar-refractivity contribution is 6.26. The van der Waals surface area contributed by atoms with Crippen LogP contribution in [0.15, 0.2) is 72.1 Å². The molecule has 2 aromatic rings. The van der Waals surface area contributed by atoms with Crippen molar-refractivity contribution >= 4 is 22.9 Å². The second-order valence-corrected chi connectivity index (χ2v) is 9.51. The number of ketones is 2. The second-order valence-electron chi connectivity index (χ2n) is 9.51. The first-order valence-corrected chi connectivity index (χ1v) is 10.5. The van der Waals surface area contributed by atoms with E-state index in [1.807, 2.05) is 48.6 Å². The zero-order valence-electron chi connectivity index (χ0n) is 17.7. The summed E-state index contributed by atoms with van der Waals surface area (Å²) in [4.78, 5) is 25.9. The Labute approximate surface area is 177 Å². The number of allylic oxidation sites excluding steroid dienone is 4. The lowest BCUT2D eigenvalue weighted by atomic mass is 9.69. The number of carbonyl (C=O) groups excluding carboxylic acids is 2. The molecule has 3 aliphatic rings. The van der Waals surface area contributed by atoms with Crippen LogP contribution in [0.5, 0.6) is 0 Å². The Kier molecular flexibility index (Phi) is 3.88. The van der Waals surface area contributed by atoms with Crippen molar-refractivity contribution in [2.45, 2.75) is 38.5 Å². The van der Waals surface area contributed by atoms with Gasteiger partial charge in [0.05, 0.1) is 11.8 Å². The van der Waals surface area contributed by atoms with E-state index in [2.05, 4.69) is 50.5 Å². The standard InChI is InChI=1S/C26H26N2O2/c1-25(2)17-9-5-7-11-19(17)27-21(25)13-15-23(29)16(24(15)30)14-22-26(3,4)18-10-6-8-12-20(18)28-22/h5-16,27-28H,1-4H3/b21-13-,22-14+. The van der Waals surface area contributed by atoms with E-state index in [1.54, 1.807) is 0 Å². The molecule has 0 aromatic heterocycles. The number of benzene rings is 2. The summed E-state index contributed by atoms with van der Waals surface area (Å²) in [7, 11) is 0. The number of nitrogens with one attached hydrogen (secondary N) is 2. The fraction of sp³-hybridized carbons (Fsp3) is 0.308. The van der Waals surface area contributed by atoms with Crippen molar-refractivity contribution in [3.63, 3.8) is 0 Å². The summed E-state index contributed by atoms with van der Waals surface area (Å²) in [5, 5.41) is 6.81. The lowest BCUT2D eigenvalue weighted by Crippen LogP contribution is -2.47. The van der Waals surface area contributed by atoms with Gasteiger partial charge in [0.2, 0.25) is 0 Å². The van der Waals surface area contributed by atoms with Crippen LogP contribution in [0.2, 0.25) is 0 Å². The van der Waals surface area contributed by atoms with E-state index in [0.717, 1.165) is 22.8 Å². The molecule has 4 heteroatoms. The van der Waals surface area contributed by atoms with Gasteiger partial charge in [-0.3, -0.25) is 9.59 Å². The molecule has 1 fully saturated rings. The smallest absolute Gasteiger partial charge is 0.161 e. The molecule has 1 saturated carbocycles. The Morgan fingerprint density at radius 1 is 0.667 bits per heavy atom. The van der Waals surface area contributed by atoms with Crippen LogP contribution in [-0.4, -0.2) is 11.6 Å².